The molecular formula is C4H12P4. The van der Waals surface area contributed by atoms with E-state index in [1.165, 1.54) is 0 Å². The van der Waals surface area contributed by atoms with Crippen LogP contribution in [0.1, 0.15) is 0 Å². The predicted octanol–water partition coefficient (Wildman–Crippen LogP) is 4.11. The average molecular weight is 184 g/mol. The van der Waals surface area contributed by atoms with Crippen LogP contribution in [0, 0.1) is 0 Å². The zero-order valence-electron chi connectivity index (χ0n) is 5.79. The number of hydrogen-bond donors (Lipinski definition) is 0. The highest BCUT2D eigenvalue weighted by molar-refractivity contribution is 9.08. The lowest BCUT2D eigenvalue weighted by Crippen LogP contribution is -1.77. The van der Waals surface area contributed by atoms with Gasteiger partial charge in [0.05, 0.1) is 0 Å². The molecule has 1 rings (SSSR count). The summed E-state index contributed by atoms with van der Waals surface area (Å²) >= 11 is 0. The maximum atomic E-state index is 2.50. The van der Waals surface area contributed by atoms with Crippen molar-refractivity contribution in [2.75, 3.05) is 26.7 Å². The van der Waals surface area contributed by atoms with Gasteiger partial charge in [-0.2, -0.15) is 0 Å². The van der Waals surface area contributed by atoms with Gasteiger partial charge >= 0.3 is 0 Å². The summed E-state index contributed by atoms with van der Waals surface area (Å²) in [6.07, 6.45) is 0. The maximum absolute atomic E-state index is 2.50. The van der Waals surface area contributed by atoms with Crippen LogP contribution in [0.25, 0.3) is 0 Å². The average Bonchev–Trinajstić information content (AvgIpc) is 1.83. The quantitative estimate of drug-likeness (QED) is 0.497. The fourth-order valence-electron chi connectivity index (χ4n) is 0.718. The van der Waals surface area contributed by atoms with Gasteiger partial charge in [-0.1, -0.05) is 0 Å². The molecule has 0 aromatic heterocycles. The van der Waals surface area contributed by atoms with Gasteiger partial charge in [0.15, 0.2) is 0 Å². The van der Waals surface area contributed by atoms with E-state index in [4.69, 9.17) is 0 Å². The molecule has 0 unspecified atom stereocenters. The van der Waals surface area contributed by atoms with Crippen molar-refractivity contribution in [3.8, 4) is 0 Å². The van der Waals surface area contributed by atoms with Crippen molar-refractivity contribution in [3.63, 3.8) is 0 Å². The monoisotopic (exact) mass is 184 g/mol. The Morgan fingerprint density at radius 3 is 0.750 bits per heavy atom. The molecule has 0 radical (unpaired) electrons. The lowest BCUT2D eigenvalue weighted by Gasteiger charge is -2.46. The van der Waals surface area contributed by atoms with E-state index >= 15 is 0 Å². The van der Waals surface area contributed by atoms with Crippen LogP contribution in [0.2, 0.25) is 0 Å². The van der Waals surface area contributed by atoms with Gasteiger partial charge in [-0.25, -0.2) is 0 Å². The molecule has 0 nitrogen and oxygen atoms in total. The zero-order chi connectivity index (χ0) is 6.31. The van der Waals surface area contributed by atoms with Gasteiger partial charge in [0, 0.05) is 0 Å². The first-order valence-electron chi connectivity index (χ1n) is 2.59. The molecule has 8 heavy (non-hydrogen) atoms. The van der Waals surface area contributed by atoms with Crippen molar-refractivity contribution in [1.29, 1.82) is 0 Å². The van der Waals surface area contributed by atoms with Gasteiger partial charge < -0.3 is 0 Å². The van der Waals surface area contributed by atoms with E-state index in [9.17, 15) is 0 Å². The molecule has 0 N–H and O–H groups in total. The number of rotatable bonds is 0. The first kappa shape index (κ1) is 7.82. The van der Waals surface area contributed by atoms with Crippen LogP contribution in [-0.4, -0.2) is 26.7 Å². The molecule has 1 fully saturated rings. The van der Waals surface area contributed by atoms with Crippen LogP contribution in [0.3, 0.4) is 0 Å². The highest BCUT2D eigenvalue weighted by Crippen LogP contribution is 3.16. The molecule has 4 heteroatoms. The summed E-state index contributed by atoms with van der Waals surface area (Å²) in [5.74, 6) is 0. The molecule has 0 spiro atoms. The summed E-state index contributed by atoms with van der Waals surface area (Å²) in [6.45, 7) is 9.98. The minimum Gasteiger partial charge on any atom is -0.0498 e. The summed E-state index contributed by atoms with van der Waals surface area (Å²) in [5, 5.41) is 0. The van der Waals surface area contributed by atoms with Crippen LogP contribution < -0.4 is 0 Å². The van der Waals surface area contributed by atoms with Crippen LogP contribution in [0.15, 0.2) is 0 Å². The lowest BCUT2D eigenvalue weighted by atomic mass is 12.0. The van der Waals surface area contributed by atoms with Gasteiger partial charge in [0.2, 0.25) is 0 Å². The van der Waals surface area contributed by atoms with Crippen molar-refractivity contribution >= 4 is 29.2 Å². The maximum Gasteiger partial charge on any atom is -0.0360 e. The minimum absolute atomic E-state index is 0.579. The van der Waals surface area contributed by atoms with Gasteiger partial charge in [0.25, 0.3) is 0 Å². The van der Waals surface area contributed by atoms with Crippen LogP contribution in [0.4, 0.5) is 0 Å². The zero-order valence-corrected chi connectivity index (χ0v) is 9.37. The molecule has 0 bridgehead atoms. The van der Waals surface area contributed by atoms with Crippen molar-refractivity contribution < 1.29 is 0 Å². The van der Waals surface area contributed by atoms with E-state index in [0.717, 1.165) is 0 Å². The molecule has 1 heterocycles. The molecule has 0 aliphatic carbocycles. The van der Waals surface area contributed by atoms with Crippen LogP contribution in [-0.2, 0) is 0 Å². The highest BCUT2D eigenvalue weighted by Gasteiger charge is 2.37. The minimum atomic E-state index is 0.579. The largest absolute Gasteiger partial charge is 0.0498 e. The van der Waals surface area contributed by atoms with Gasteiger partial charge in [-0.05, 0) is 55.9 Å². The Bertz CT molecular complexity index is 62.0. The topological polar surface area (TPSA) is 0 Å². The van der Waals surface area contributed by atoms with Crippen molar-refractivity contribution in [2.45, 2.75) is 0 Å². The molecular weight excluding hydrogens is 172 g/mol. The molecule has 48 valence electrons. The summed E-state index contributed by atoms with van der Waals surface area (Å²) in [5.41, 5.74) is 0. The second-order valence-corrected chi connectivity index (χ2v) is 24.1. The first-order chi connectivity index (χ1) is 3.64. The lowest BCUT2D eigenvalue weighted by molar-refractivity contribution is 2.36. The van der Waals surface area contributed by atoms with Crippen molar-refractivity contribution in [3.05, 3.63) is 0 Å². The summed E-state index contributed by atoms with van der Waals surface area (Å²) < 4.78 is 0. The molecule has 0 aromatic rings. The normalized spacial score (nSPS) is 55.5. The Balaban J connectivity index is 2.42. The third-order valence-corrected chi connectivity index (χ3v) is 39.5. The second kappa shape index (κ2) is 2.76. The number of hydrogen-bond acceptors (Lipinski definition) is 0. The summed E-state index contributed by atoms with van der Waals surface area (Å²) in [6, 6.07) is 0. The van der Waals surface area contributed by atoms with E-state index in [-0.39, 0.29) is 0 Å². The Morgan fingerprint density at radius 2 is 0.625 bits per heavy atom. The Morgan fingerprint density at radius 1 is 0.500 bits per heavy atom. The van der Waals surface area contributed by atoms with E-state index in [1.54, 1.807) is 0 Å². The molecule has 0 saturated carbocycles. The third-order valence-electron chi connectivity index (χ3n) is 1.68. The SMILES string of the molecule is CP1P(C)P(C)P1C. The van der Waals surface area contributed by atoms with E-state index in [0.29, 0.717) is 29.2 Å². The Labute approximate surface area is 56.4 Å². The van der Waals surface area contributed by atoms with E-state index in [1.807, 2.05) is 0 Å². The van der Waals surface area contributed by atoms with Gasteiger partial charge in [0.1, 0.15) is 0 Å². The Hall–Kier alpha value is 1.72. The van der Waals surface area contributed by atoms with Gasteiger partial charge in [-0.15, -0.1) is 0 Å². The smallest absolute Gasteiger partial charge is 0.0360 e. The first-order valence-corrected chi connectivity index (χ1v) is 12.6. The standard InChI is InChI=1S/C4H12P4/c1-5-6(2)8(4)7(5)3/h1-4H3. The second-order valence-electron chi connectivity index (χ2n) is 1.96. The fourth-order valence-corrected chi connectivity index (χ4v) is 38.8. The molecule has 0 aromatic carbocycles. The van der Waals surface area contributed by atoms with E-state index in [2.05, 4.69) is 26.7 Å². The molecule has 0 amide bonds. The Kier molecular flexibility index (Phi) is 2.70. The summed E-state index contributed by atoms with van der Waals surface area (Å²) in [4.78, 5) is 0. The van der Waals surface area contributed by atoms with Crippen LogP contribution >= 0.6 is 29.2 Å². The molecule has 1 aliphatic rings. The summed E-state index contributed by atoms with van der Waals surface area (Å²) in [7, 11) is 2.32. The molecule has 1 saturated heterocycles. The third kappa shape index (κ3) is 1.11. The van der Waals surface area contributed by atoms with E-state index < -0.39 is 0 Å². The van der Waals surface area contributed by atoms with Crippen molar-refractivity contribution in [2.24, 2.45) is 0 Å². The fraction of sp³-hybridized carbons (Fsp3) is 1.00. The van der Waals surface area contributed by atoms with Crippen molar-refractivity contribution in [1.82, 2.24) is 0 Å². The molecule has 1 aliphatic heterocycles. The highest BCUT2D eigenvalue weighted by atomic mass is 33.0. The predicted molar refractivity (Wildman–Crippen MR) is 51.4 cm³/mol. The van der Waals surface area contributed by atoms with Crippen LogP contribution in [0.5, 0.6) is 0 Å². The van der Waals surface area contributed by atoms with Gasteiger partial charge in [-0.3, -0.25) is 0 Å². The molecule has 0 atom stereocenters.